The third kappa shape index (κ3) is 3.31. The Kier molecular flexibility index (Phi) is 5.01. The average Bonchev–Trinajstić information content (AvgIpc) is 2.46. The van der Waals surface area contributed by atoms with E-state index in [1.54, 1.807) is 0 Å². The molecule has 1 aliphatic rings. The first-order chi connectivity index (χ1) is 9.63. The summed E-state index contributed by atoms with van der Waals surface area (Å²) in [5, 5.41) is 15.5. The molecule has 0 aromatic heterocycles. The Balaban J connectivity index is 2.16. The molecular formula is C16H24N2O2. The summed E-state index contributed by atoms with van der Waals surface area (Å²) < 4.78 is 0. The molecule has 4 heteroatoms. The van der Waals surface area contributed by atoms with Crippen LogP contribution in [-0.2, 0) is 6.42 Å². The Labute approximate surface area is 120 Å². The van der Waals surface area contributed by atoms with Gasteiger partial charge in [0, 0.05) is 30.4 Å². The highest BCUT2D eigenvalue weighted by atomic mass is 16.3. The number of fused-ring (bicyclic) bond motifs is 1. The van der Waals surface area contributed by atoms with Crippen LogP contribution in [0.25, 0.3) is 0 Å². The van der Waals surface area contributed by atoms with E-state index in [1.807, 2.05) is 18.2 Å². The van der Waals surface area contributed by atoms with Crippen molar-refractivity contribution in [2.24, 2.45) is 5.92 Å². The molecule has 1 aromatic rings. The molecule has 0 bridgehead atoms. The van der Waals surface area contributed by atoms with E-state index in [0.29, 0.717) is 12.3 Å². The summed E-state index contributed by atoms with van der Waals surface area (Å²) in [5.74, 6) is 0.279. The fourth-order valence-electron chi connectivity index (χ4n) is 2.68. The second-order valence-electron chi connectivity index (χ2n) is 5.70. The van der Waals surface area contributed by atoms with Crippen LogP contribution in [0.3, 0.4) is 0 Å². The van der Waals surface area contributed by atoms with Crippen LogP contribution in [0.5, 0.6) is 0 Å². The highest BCUT2D eigenvalue weighted by Crippen LogP contribution is 2.25. The molecule has 0 saturated heterocycles. The maximum atomic E-state index is 12.5. The Morgan fingerprint density at radius 1 is 1.45 bits per heavy atom. The topological polar surface area (TPSA) is 61.4 Å². The lowest BCUT2D eigenvalue weighted by atomic mass is 9.96. The number of anilines is 1. The van der Waals surface area contributed by atoms with Crippen LogP contribution in [0.2, 0.25) is 0 Å². The Hall–Kier alpha value is -1.55. The number of rotatable bonds is 5. The molecule has 0 saturated carbocycles. The molecule has 0 fully saturated rings. The summed E-state index contributed by atoms with van der Waals surface area (Å²) >= 11 is 0. The van der Waals surface area contributed by atoms with Crippen molar-refractivity contribution in [3.63, 3.8) is 0 Å². The first-order valence-electron chi connectivity index (χ1n) is 7.41. The first kappa shape index (κ1) is 14.9. The van der Waals surface area contributed by atoms with Gasteiger partial charge >= 0.3 is 0 Å². The van der Waals surface area contributed by atoms with Gasteiger partial charge in [-0.15, -0.1) is 0 Å². The number of amides is 1. The van der Waals surface area contributed by atoms with Gasteiger partial charge in [0.1, 0.15) is 0 Å². The minimum atomic E-state index is -0.0299. The lowest BCUT2D eigenvalue weighted by Crippen LogP contribution is -2.39. The number of aliphatic hydroxyl groups excluding tert-OH is 1. The monoisotopic (exact) mass is 276 g/mol. The van der Waals surface area contributed by atoms with Crippen molar-refractivity contribution in [3.8, 4) is 0 Å². The van der Waals surface area contributed by atoms with Crippen LogP contribution in [0.4, 0.5) is 5.69 Å². The van der Waals surface area contributed by atoms with Crippen molar-refractivity contribution in [1.29, 1.82) is 0 Å². The molecule has 1 aliphatic heterocycles. The molecule has 1 unspecified atom stereocenters. The molecule has 1 amide bonds. The standard InChI is InChI=1S/C16H24N2O2/c1-11(2)14(8-10-19)18-16(20)13-5-3-7-15-12(13)6-4-9-17-15/h3,5,7,11,14,17,19H,4,6,8-10H2,1-2H3,(H,18,20). The summed E-state index contributed by atoms with van der Waals surface area (Å²) in [6, 6.07) is 5.85. The Morgan fingerprint density at radius 2 is 2.25 bits per heavy atom. The third-order valence-corrected chi connectivity index (χ3v) is 3.90. The zero-order valence-corrected chi connectivity index (χ0v) is 12.3. The zero-order valence-electron chi connectivity index (χ0n) is 12.3. The molecule has 0 radical (unpaired) electrons. The quantitative estimate of drug-likeness (QED) is 0.772. The molecule has 20 heavy (non-hydrogen) atoms. The minimum Gasteiger partial charge on any atom is -0.396 e. The normalized spacial score (nSPS) is 15.4. The third-order valence-electron chi connectivity index (χ3n) is 3.90. The molecule has 1 heterocycles. The van der Waals surface area contributed by atoms with E-state index < -0.39 is 0 Å². The molecule has 110 valence electrons. The van der Waals surface area contributed by atoms with E-state index in [9.17, 15) is 4.79 Å². The lowest BCUT2D eigenvalue weighted by Gasteiger charge is -2.24. The highest BCUT2D eigenvalue weighted by Gasteiger charge is 2.21. The van der Waals surface area contributed by atoms with Crippen molar-refractivity contribution in [1.82, 2.24) is 5.32 Å². The summed E-state index contributed by atoms with van der Waals surface area (Å²) in [6.45, 7) is 5.18. The first-order valence-corrected chi connectivity index (χ1v) is 7.41. The molecule has 3 N–H and O–H groups in total. The van der Waals surface area contributed by atoms with Crippen LogP contribution in [0, 0.1) is 5.92 Å². The zero-order chi connectivity index (χ0) is 14.5. The number of nitrogens with one attached hydrogen (secondary N) is 2. The number of carbonyl (C=O) groups excluding carboxylic acids is 1. The molecule has 4 nitrogen and oxygen atoms in total. The number of hydrogen-bond donors (Lipinski definition) is 3. The van der Waals surface area contributed by atoms with Gasteiger partial charge in [0.15, 0.2) is 0 Å². The minimum absolute atomic E-state index is 0.0138. The van der Waals surface area contributed by atoms with Crippen molar-refractivity contribution < 1.29 is 9.90 Å². The fourth-order valence-corrected chi connectivity index (χ4v) is 2.68. The number of carbonyl (C=O) groups is 1. The maximum Gasteiger partial charge on any atom is 0.251 e. The van der Waals surface area contributed by atoms with Crippen molar-refractivity contribution in [3.05, 3.63) is 29.3 Å². The van der Waals surface area contributed by atoms with Crippen LogP contribution in [-0.4, -0.2) is 30.2 Å². The summed E-state index contributed by atoms with van der Waals surface area (Å²) in [6.07, 6.45) is 2.59. The molecular weight excluding hydrogens is 252 g/mol. The summed E-state index contributed by atoms with van der Waals surface area (Å²) in [5.41, 5.74) is 2.95. The predicted octanol–water partition coefficient (Wildman–Crippen LogP) is 2.18. The Morgan fingerprint density at radius 3 is 2.95 bits per heavy atom. The van der Waals surface area contributed by atoms with Crippen molar-refractivity contribution in [2.75, 3.05) is 18.5 Å². The highest BCUT2D eigenvalue weighted by molar-refractivity contribution is 5.97. The van der Waals surface area contributed by atoms with Gasteiger partial charge in [0.05, 0.1) is 0 Å². The second kappa shape index (κ2) is 6.75. The van der Waals surface area contributed by atoms with E-state index in [0.717, 1.165) is 36.2 Å². The second-order valence-corrected chi connectivity index (χ2v) is 5.70. The number of benzene rings is 1. The van der Waals surface area contributed by atoms with Gasteiger partial charge in [0.2, 0.25) is 0 Å². The van der Waals surface area contributed by atoms with Gasteiger partial charge in [-0.05, 0) is 42.9 Å². The molecule has 1 aromatic carbocycles. The fraction of sp³-hybridized carbons (Fsp3) is 0.562. The van der Waals surface area contributed by atoms with Crippen LogP contribution in [0.15, 0.2) is 18.2 Å². The van der Waals surface area contributed by atoms with Gasteiger partial charge in [-0.25, -0.2) is 0 Å². The molecule has 0 spiro atoms. The average molecular weight is 276 g/mol. The van der Waals surface area contributed by atoms with Crippen LogP contribution >= 0.6 is 0 Å². The van der Waals surface area contributed by atoms with E-state index in [4.69, 9.17) is 5.11 Å². The van der Waals surface area contributed by atoms with Gasteiger partial charge in [0.25, 0.3) is 5.91 Å². The van der Waals surface area contributed by atoms with Gasteiger partial charge in [-0.3, -0.25) is 4.79 Å². The number of hydrogen-bond acceptors (Lipinski definition) is 3. The molecule has 0 aliphatic carbocycles. The molecule has 2 rings (SSSR count). The number of aliphatic hydroxyl groups is 1. The molecule has 1 atom stereocenters. The van der Waals surface area contributed by atoms with Crippen molar-refractivity contribution in [2.45, 2.75) is 39.2 Å². The van der Waals surface area contributed by atoms with Gasteiger partial charge in [-0.1, -0.05) is 19.9 Å². The maximum absolute atomic E-state index is 12.5. The predicted molar refractivity (Wildman–Crippen MR) is 81.0 cm³/mol. The van der Waals surface area contributed by atoms with E-state index in [-0.39, 0.29) is 18.6 Å². The van der Waals surface area contributed by atoms with E-state index >= 15 is 0 Å². The summed E-state index contributed by atoms with van der Waals surface area (Å²) in [4.78, 5) is 12.5. The van der Waals surface area contributed by atoms with Gasteiger partial charge < -0.3 is 15.7 Å². The SMILES string of the molecule is CC(C)C(CCO)NC(=O)c1cccc2c1CCCN2. The van der Waals surface area contributed by atoms with Crippen LogP contribution < -0.4 is 10.6 Å². The van der Waals surface area contributed by atoms with E-state index in [2.05, 4.69) is 24.5 Å². The van der Waals surface area contributed by atoms with E-state index in [1.165, 1.54) is 0 Å². The lowest BCUT2D eigenvalue weighted by molar-refractivity contribution is 0.0915. The van der Waals surface area contributed by atoms with Crippen molar-refractivity contribution >= 4 is 11.6 Å². The smallest absolute Gasteiger partial charge is 0.251 e. The Bertz CT molecular complexity index is 472. The van der Waals surface area contributed by atoms with Gasteiger partial charge in [-0.2, -0.15) is 0 Å². The summed E-state index contributed by atoms with van der Waals surface area (Å²) in [7, 11) is 0. The largest absolute Gasteiger partial charge is 0.396 e. The van der Waals surface area contributed by atoms with Crippen LogP contribution in [0.1, 0.15) is 42.6 Å².